The van der Waals surface area contributed by atoms with Crippen molar-refractivity contribution in [3.8, 4) is 23.0 Å². The smallest absolute Gasteiger partial charge is 0.343 e. The highest BCUT2D eigenvalue weighted by Crippen LogP contribution is 2.27. The van der Waals surface area contributed by atoms with Crippen LogP contribution in [0.25, 0.3) is 11.5 Å². The zero-order valence-electron chi connectivity index (χ0n) is 23.0. The van der Waals surface area contributed by atoms with E-state index in [4.69, 9.17) is 13.9 Å². The Balaban J connectivity index is 1.17. The van der Waals surface area contributed by atoms with Gasteiger partial charge in [0.2, 0.25) is 5.89 Å². The van der Waals surface area contributed by atoms with Gasteiger partial charge in [-0.15, -0.1) is 0 Å². The summed E-state index contributed by atoms with van der Waals surface area (Å²) in [5.41, 5.74) is 3.39. The Labute approximate surface area is 243 Å². The second-order valence-corrected chi connectivity index (χ2v) is 9.62. The molecule has 2 N–H and O–H groups in total. The summed E-state index contributed by atoms with van der Waals surface area (Å²) >= 11 is 0. The predicted octanol–water partition coefficient (Wildman–Crippen LogP) is 6.60. The predicted molar refractivity (Wildman–Crippen MR) is 159 cm³/mol. The third kappa shape index (κ3) is 7.22. The van der Waals surface area contributed by atoms with Crippen molar-refractivity contribution in [3.05, 3.63) is 132 Å². The molecule has 4 aromatic carbocycles. The topological polar surface area (TPSA) is 111 Å². The van der Waals surface area contributed by atoms with Crippen molar-refractivity contribution >= 4 is 17.6 Å². The molecule has 0 fully saturated rings. The maximum atomic E-state index is 12.6. The van der Waals surface area contributed by atoms with Crippen molar-refractivity contribution in [1.29, 1.82) is 0 Å². The van der Waals surface area contributed by atoms with Crippen LogP contribution in [-0.2, 0) is 17.6 Å². The largest absolute Gasteiger partial charge is 0.493 e. The molecule has 5 rings (SSSR count). The summed E-state index contributed by atoms with van der Waals surface area (Å²) in [6.07, 6.45) is 0.792. The first kappa shape index (κ1) is 28.2. The average Bonchev–Trinajstić information content (AvgIpc) is 3.39. The number of esters is 1. The lowest BCUT2D eigenvalue weighted by Crippen LogP contribution is -2.31. The van der Waals surface area contributed by atoms with Gasteiger partial charge in [0.05, 0.1) is 23.6 Å². The molecule has 0 aliphatic rings. The zero-order valence-corrected chi connectivity index (χ0v) is 23.0. The van der Waals surface area contributed by atoms with Crippen LogP contribution in [0, 0.1) is 6.92 Å². The third-order valence-corrected chi connectivity index (χ3v) is 6.61. The number of carbonyl (C=O) groups is 2. The number of aryl methyl sites for hydroxylation is 1. The van der Waals surface area contributed by atoms with Gasteiger partial charge >= 0.3 is 11.9 Å². The fourth-order valence-electron chi connectivity index (χ4n) is 4.38. The first-order valence-corrected chi connectivity index (χ1v) is 13.6. The molecule has 0 radical (unpaired) electrons. The summed E-state index contributed by atoms with van der Waals surface area (Å²) < 4.78 is 17.3. The number of benzene rings is 4. The lowest BCUT2D eigenvalue weighted by molar-refractivity contribution is -0.137. The zero-order chi connectivity index (χ0) is 29.3. The second-order valence-electron chi connectivity index (χ2n) is 9.62. The van der Waals surface area contributed by atoms with Crippen LogP contribution in [0.1, 0.15) is 27.4 Å². The fourth-order valence-corrected chi connectivity index (χ4v) is 4.38. The molecule has 0 bridgehead atoms. The molecule has 8 heteroatoms. The maximum Gasteiger partial charge on any atom is 0.343 e. The maximum absolute atomic E-state index is 12.6. The molecule has 8 nitrogen and oxygen atoms in total. The van der Waals surface area contributed by atoms with E-state index in [1.165, 1.54) is 0 Å². The second kappa shape index (κ2) is 13.3. The number of carbonyl (C=O) groups excluding carboxylic acids is 1. The number of nitrogens with zero attached hydrogens (tertiary/aromatic N) is 1. The Morgan fingerprint density at radius 3 is 2.26 bits per heavy atom. The van der Waals surface area contributed by atoms with Crippen molar-refractivity contribution < 1.29 is 28.6 Å². The van der Waals surface area contributed by atoms with Crippen molar-refractivity contribution in [2.45, 2.75) is 25.8 Å². The number of ether oxygens (including phenoxy) is 2. The van der Waals surface area contributed by atoms with Gasteiger partial charge in [0.25, 0.3) is 0 Å². The minimum Gasteiger partial charge on any atom is -0.493 e. The number of carboxylic acids is 1. The number of nitrogens with one attached hydrogen (secondary N) is 1. The van der Waals surface area contributed by atoms with E-state index in [1.807, 2.05) is 67.6 Å². The van der Waals surface area contributed by atoms with E-state index < -0.39 is 18.0 Å². The molecule has 0 unspecified atom stereocenters. The molecule has 0 aliphatic heterocycles. The summed E-state index contributed by atoms with van der Waals surface area (Å²) in [4.78, 5) is 29.3. The molecule has 1 atom stereocenters. The number of para-hydroxylation sites is 2. The van der Waals surface area contributed by atoms with Gasteiger partial charge in [-0.05, 0) is 61.0 Å². The molecule has 42 heavy (non-hydrogen) atoms. The van der Waals surface area contributed by atoms with Crippen LogP contribution in [0.15, 0.2) is 114 Å². The highest BCUT2D eigenvalue weighted by molar-refractivity contribution is 5.92. The van der Waals surface area contributed by atoms with Crippen molar-refractivity contribution in [1.82, 2.24) is 4.98 Å². The molecule has 5 aromatic rings. The molecule has 1 aromatic heterocycles. The third-order valence-electron chi connectivity index (χ3n) is 6.61. The summed E-state index contributed by atoms with van der Waals surface area (Å²) in [6, 6.07) is 31.5. The van der Waals surface area contributed by atoms with E-state index in [-0.39, 0.29) is 12.2 Å². The van der Waals surface area contributed by atoms with E-state index in [9.17, 15) is 14.7 Å². The number of rotatable bonds is 12. The Bertz CT molecular complexity index is 1630. The standard InChI is InChI=1S/C34H30N2O6/c1-23-28(36-32(41-23)25-10-4-2-5-11-25)20-21-40-27-18-16-24(17-19-27)22-30(33(37)38)35-29-14-8-9-15-31(29)42-34(39)26-12-6-3-7-13-26/h2-19,30,35H,20-22H2,1H3,(H,37,38)/t30-/m0/s1. The number of carboxylic acid groups (broad SMARTS) is 1. The summed E-state index contributed by atoms with van der Waals surface area (Å²) in [7, 11) is 0. The van der Waals surface area contributed by atoms with Crippen LogP contribution in [-0.4, -0.2) is 34.7 Å². The van der Waals surface area contributed by atoms with Crippen LogP contribution >= 0.6 is 0 Å². The summed E-state index contributed by atoms with van der Waals surface area (Å²) in [6.45, 7) is 2.31. The van der Waals surface area contributed by atoms with Crippen molar-refractivity contribution in [2.24, 2.45) is 0 Å². The van der Waals surface area contributed by atoms with Crippen LogP contribution in [0.3, 0.4) is 0 Å². The number of aliphatic carboxylic acids is 1. The number of oxazole rings is 1. The van der Waals surface area contributed by atoms with Gasteiger partial charge in [0.1, 0.15) is 17.6 Å². The minimum absolute atomic E-state index is 0.205. The SMILES string of the molecule is Cc1oc(-c2ccccc2)nc1CCOc1ccc(C[C@H](Nc2ccccc2OC(=O)c2ccccc2)C(=O)O)cc1. The van der Waals surface area contributed by atoms with Gasteiger partial charge in [-0.3, -0.25) is 0 Å². The van der Waals surface area contributed by atoms with Gasteiger partial charge in [-0.2, -0.15) is 0 Å². The molecular formula is C34H30N2O6. The number of anilines is 1. The molecule has 212 valence electrons. The van der Waals surface area contributed by atoms with Gasteiger partial charge < -0.3 is 24.3 Å². The lowest BCUT2D eigenvalue weighted by Gasteiger charge is -2.18. The van der Waals surface area contributed by atoms with Crippen LogP contribution in [0.4, 0.5) is 5.69 Å². The minimum atomic E-state index is -1.03. The van der Waals surface area contributed by atoms with Gasteiger partial charge in [0, 0.05) is 18.4 Å². The summed E-state index contributed by atoms with van der Waals surface area (Å²) in [5, 5.41) is 12.9. The Morgan fingerprint density at radius 1 is 0.881 bits per heavy atom. The molecule has 0 saturated carbocycles. The van der Waals surface area contributed by atoms with Crippen LogP contribution in [0.5, 0.6) is 11.5 Å². The highest BCUT2D eigenvalue weighted by atomic mass is 16.5. The normalized spacial score (nSPS) is 11.5. The van der Waals surface area contributed by atoms with E-state index in [0.29, 0.717) is 35.9 Å². The molecule has 0 spiro atoms. The fraction of sp³-hybridized carbons (Fsp3) is 0.147. The number of hydrogen-bond donors (Lipinski definition) is 2. The molecule has 1 heterocycles. The van der Waals surface area contributed by atoms with E-state index >= 15 is 0 Å². The Kier molecular flexibility index (Phi) is 8.94. The molecule has 0 saturated heterocycles. The summed E-state index contributed by atoms with van der Waals surface area (Å²) in [5.74, 6) is 0.711. The number of hydrogen-bond acceptors (Lipinski definition) is 7. The molecule has 0 aliphatic carbocycles. The van der Waals surface area contributed by atoms with Crippen LogP contribution < -0.4 is 14.8 Å². The van der Waals surface area contributed by atoms with E-state index in [0.717, 1.165) is 22.6 Å². The molecular weight excluding hydrogens is 532 g/mol. The van der Waals surface area contributed by atoms with Gasteiger partial charge in [-0.25, -0.2) is 14.6 Å². The van der Waals surface area contributed by atoms with Gasteiger partial charge in [0.15, 0.2) is 5.75 Å². The highest BCUT2D eigenvalue weighted by Gasteiger charge is 2.21. The first-order chi connectivity index (χ1) is 20.5. The quantitative estimate of drug-likeness (QED) is 0.129. The lowest BCUT2D eigenvalue weighted by atomic mass is 10.1. The Morgan fingerprint density at radius 2 is 1.55 bits per heavy atom. The van der Waals surface area contributed by atoms with Crippen molar-refractivity contribution in [2.75, 3.05) is 11.9 Å². The van der Waals surface area contributed by atoms with Crippen molar-refractivity contribution in [3.63, 3.8) is 0 Å². The van der Waals surface area contributed by atoms with Crippen LogP contribution in [0.2, 0.25) is 0 Å². The van der Waals surface area contributed by atoms with E-state index in [1.54, 1.807) is 48.5 Å². The Hall–Kier alpha value is -5.37. The number of aromatic nitrogens is 1. The van der Waals surface area contributed by atoms with Gasteiger partial charge in [-0.1, -0.05) is 60.7 Å². The first-order valence-electron chi connectivity index (χ1n) is 13.6. The average molecular weight is 563 g/mol. The monoisotopic (exact) mass is 562 g/mol. The van der Waals surface area contributed by atoms with E-state index in [2.05, 4.69) is 10.3 Å². The molecule has 0 amide bonds.